The van der Waals surface area contributed by atoms with Crippen molar-refractivity contribution >= 4 is 23.2 Å². The SMILES string of the molecule is N#Cc1ccnc(Nc2ccc(C(F)(F)F)cc2Cl)n1. The van der Waals surface area contributed by atoms with Gasteiger partial charge in [0.1, 0.15) is 11.8 Å². The van der Waals surface area contributed by atoms with Crippen LogP contribution in [-0.2, 0) is 6.18 Å². The molecule has 0 aliphatic carbocycles. The highest BCUT2D eigenvalue weighted by atomic mass is 35.5. The smallest absolute Gasteiger partial charge is 0.323 e. The first-order chi connectivity index (χ1) is 9.40. The van der Waals surface area contributed by atoms with Gasteiger partial charge in [0.2, 0.25) is 5.95 Å². The molecule has 1 aromatic carbocycles. The Labute approximate surface area is 116 Å². The summed E-state index contributed by atoms with van der Waals surface area (Å²) < 4.78 is 37.5. The third kappa shape index (κ3) is 3.16. The summed E-state index contributed by atoms with van der Waals surface area (Å²) in [5.74, 6) is 0.0747. The molecule has 0 bridgehead atoms. The molecule has 1 aromatic heterocycles. The van der Waals surface area contributed by atoms with Crippen LogP contribution in [0.2, 0.25) is 5.02 Å². The number of nitrogens with one attached hydrogen (secondary N) is 1. The van der Waals surface area contributed by atoms with Crippen molar-refractivity contribution in [3.8, 4) is 6.07 Å². The van der Waals surface area contributed by atoms with Crippen LogP contribution in [-0.4, -0.2) is 9.97 Å². The fourth-order valence-corrected chi connectivity index (χ4v) is 1.62. The van der Waals surface area contributed by atoms with E-state index in [1.54, 1.807) is 0 Å². The molecule has 0 fully saturated rings. The molecular formula is C12H6ClF3N4. The van der Waals surface area contributed by atoms with Crippen molar-refractivity contribution in [2.24, 2.45) is 0 Å². The van der Waals surface area contributed by atoms with Crippen molar-refractivity contribution in [2.75, 3.05) is 5.32 Å². The molecule has 102 valence electrons. The monoisotopic (exact) mass is 298 g/mol. The molecule has 1 heterocycles. The topological polar surface area (TPSA) is 61.6 Å². The molecule has 0 saturated heterocycles. The van der Waals surface area contributed by atoms with Gasteiger partial charge in [0.05, 0.1) is 16.3 Å². The van der Waals surface area contributed by atoms with Gasteiger partial charge in [-0.25, -0.2) is 9.97 Å². The predicted octanol–water partition coefficient (Wildman–Crippen LogP) is 3.76. The van der Waals surface area contributed by atoms with Crippen LogP contribution >= 0.6 is 11.6 Å². The second-order valence-corrected chi connectivity index (χ2v) is 4.10. The third-order valence-corrected chi connectivity index (χ3v) is 2.63. The lowest BCUT2D eigenvalue weighted by atomic mass is 10.2. The molecule has 0 aliphatic heterocycles. The van der Waals surface area contributed by atoms with E-state index in [4.69, 9.17) is 16.9 Å². The highest BCUT2D eigenvalue weighted by Gasteiger charge is 2.30. The molecule has 0 amide bonds. The number of aromatic nitrogens is 2. The fourth-order valence-electron chi connectivity index (χ4n) is 1.39. The van der Waals surface area contributed by atoms with E-state index in [0.717, 1.165) is 12.1 Å². The van der Waals surface area contributed by atoms with Gasteiger partial charge in [-0.1, -0.05) is 11.6 Å². The first-order valence-corrected chi connectivity index (χ1v) is 5.65. The zero-order chi connectivity index (χ0) is 14.8. The number of nitrogens with zero attached hydrogens (tertiary/aromatic N) is 3. The van der Waals surface area contributed by atoms with Crippen LogP contribution in [0, 0.1) is 11.3 Å². The number of halogens is 4. The number of nitriles is 1. The minimum Gasteiger partial charge on any atom is -0.323 e. The van der Waals surface area contributed by atoms with E-state index in [-0.39, 0.29) is 22.4 Å². The van der Waals surface area contributed by atoms with Gasteiger partial charge in [-0.15, -0.1) is 0 Å². The molecule has 0 radical (unpaired) electrons. The van der Waals surface area contributed by atoms with Gasteiger partial charge in [0, 0.05) is 6.20 Å². The predicted molar refractivity (Wildman–Crippen MR) is 66.5 cm³/mol. The van der Waals surface area contributed by atoms with E-state index in [1.165, 1.54) is 18.3 Å². The quantitative estimate of drug-likeness (QED) is 0.917. The normalized spacial score (nSPS) is 10.9. The summed E-state index contributed by atoms with van der Waals surface area (Å²) in [4.78, 5) is 7.68. The van der Waals surface area contributed by atoms with E-state index < -0.39 is 11.7 Å². The second kappa shape index (κ2) is 5.35. The number of benzene rings is 1. The molecule has 0 saturated carbocycles. The standard InChI is InChI=1S/C12H6ClF3N4/c13-9-5-7(12(14,15)16)1-2-10(9)20-11-18-4-3-8(6-17)19-11/h1-5H,(H,18,19,20). The van der Waals surface area contributed by atoms with Gasteiger partial charge in [-0.3, -0.25) is 0 Å². The lowest BCUT2D eigenvalue weighted by Crippen LogP contribution is -2.05. The van der Waals surface area contributed by atoms with E-state index >= 15 is 0 Å². The highest BCUT2D eigenvalue weighted by Crippen LogP contribution is 2.34. The summed E-state index contributed by atoms with van der Waals surface area (Å²) in [6.07, 6.45) is -3.11. The van der Waals surface area contributed by atoms with Crippen LogP contribution < -0.4 is 5.32 Å². The Balaban J connectivity index is 2.28. The Morgan fingerprint density at radius 1 is 1.25 bits per heavy atom. The van der Waals surface area contributed by atoms with Crippen LogP contribution in [0.15, 0.2) is 30.5 Å². The maximum Gasteiger partial charge on any atom is 0.416 e. The van der Waals surface area contributed by atoms with Gasteiger partial charge < -0.3 is 5.32 Å². The number of hydrogen-bond acceptors (Lipinski definition) is 4. The summed E-state index contributed by atoms with van der Waals surface area (Å²) in [6, 6.07) is 6.10. The van der Waals surface area contributed by atoms with E-state index in [1.807, 2.05) is 6.07 Å². The minimum atomic E-state index is -4.46. The van der Waals surface area contributed by atoms with Gasteiger partial charge in [0.25, 0.3) is 0 Å². The Morgan fingerprint density at radius 2 is 2.00 bits per heavy atom. The number of anilines is 2. The fraction of sp³-hybridized carbons (Fsp3) is 0.0833. The lowest BCUT2D eigenvalue weighted by molar-refractivity contribution is -0.137. The van der Waals surface area contributed by atoms with Crippen molar-refractivity contribution in [2.45, 2.75) is 6.18 Å². The van der Waals surface area contributed by atoms with Crippen molar-refractivity contribution in [3.63, 3.8) is 0 Å². The van der Waals surface area contributed by atoms with Gasteiger partial charge in [-0.05, 0) is 24.3 Å². The largest absolute Gasteiger partial charge is 0.416 e. The first-order valence-electron chi connectivity index (χ1n) is 5.27. The summed E-state index contributed by atoms with van der Waals surface area (Å²) in [6.45, 7) is 0. The first kappa shape index (κ1) is 14.1. The zero-order valence-electron chi connectivity index (χ0n) is 9.74. The summed E-state index contributed by atoms with van der Waals surface area (Å²) >= 11 is 5.78. The van der Waals surface area contributed by atoms with Crippen molar-refractivity contribution in [1.82, 2.24) is 9.97 Å². The molecule has 20 heavy (non-hydrogen) atoms. The van der Waals surface area contributed by atoms with Crippen molar-refractivity contribution in [1.29, 1.82) is 5.26 Å². The summed E-state index contributed by atoms with van der Waals surface area (Å²) in [5, 5.41) is 11.2. The number of alkyl halides is 3. The van der Waals surface area contributed by atoms with Crippen LogP contribution in [0.25, 0.3) is 0 Å². The van der Waals surface area contributed by atoms with E-state index in [0.29, 0.717) is 0 Å². The Morgan fingerprint density at radius 3 is 2.60 bits per heavy atom. The van der Waals surface area contributed by atoms with Gasteiger partial charge in [-0.2, -0.15) is 18.4 Å². The van der Waals surface area contributed by atoms with Crippen molar-refractivity contribution in [3.05, 3.63) is 46.7 Å². The van der Waals surface area contributed by atoms with E-state index in [2.05, 4.69) is 15.3 Å². The Hall–Kier alpha value is -2.33. The van der Waals surface area contributed by atoms with Crippen LogP contribution in [0.3, 0.4) is 0 Å². The second-order valence-electron chi connectivity index (χ2n) is 3.69. The van der Waals surface area contributed by atoms with Crippen LogP contribution in [0.1, 0.15) is 11.3 Å². The molecule has 8 heteroatoms. The average Bonchev–Trinajstić information content (AvgIpc) is 2.40. The molecule has 0 unspecified atom stereocenters. The average molecular weight is 299 g/mol. The molecular weight excluding hydrogens is 293 g/mol. The lowest BCUT2D eigenvalue weighted by Gasteiger charge is -2.10. The number of rotatable bonds is 2. The Bertz CT molecular complexity index is 679. The Kier molecular flexibility index (Phi) is 3.77. The summed E-state index contributed by atoms with van der Waals surface area (Å²) in [7, 11) is 0. The molecule has 1 N–H and O–H groups in total. The molecule has 2 aromatic rings. The van der Waals surface area contributed by atoms with Crippen LogP contribution in [0.4, 0.5) is 24.8 Å². The van der Waals surface area contributed by atoms with Gasteiger partial charge >= 0.3 is 6.18 Å². The molecule has 0 aliphatic rings. The molecule has 4 nitrogen and oxygen atoms in total. The van der Waals surface area contributed by atoms with E-state index in [9.17, 15) is 13.2 Å². The minimum absolute atomic E-state index is 0.0747. The van der Waals surface area contributed by atoms with Crippen molar-refractivity contribution < 1.29 is 13.2 Å². The molecule has 0 spiro atoms. The number of hydrogen-bond donors (Lipinski definition) is 1. The maximum atomic E-state index is 12.5. The molecule has 0 atom stereocenters. The molecule has 2 rings (SSSR count). The summed E-state index contributed by atoms with van der Waals surface area (Å²) in [5.41, 5.74) is -0.500. The van der Waals surface area contributed by atoms with Gasteiger partial charge in [0.15, 0.2) is 0 Å². The highest BCUT2D eigenvalue weighted by molar-refractivity contribution is 6.33. The maximum absolute atomic E-state index is 12.5. The van der Waals surface area contributed by atoms with Crippen LogP contribution in [0.5, 0.6) is 0 Å². The third-order valence-electron chi connectivity index (χ3n) is 2.31. The zero-order valence-corrected chi connectivity index (χ0v) is 10.5.